The van der Waals surface area contributed by atoms with Crippen molar-refractivity contribution in [3.8, 4) is 0 Å². The van der Waals surface area contributed by atoms with Gasteiger partial charge >= 0.3 is 0 Å². The first-order chi connectivity index (χ1) is 8.07. The van der Waals surface area contributed by atoms with Crippen LogP contribution in [-0.2, 0) is 6.42 Å². The van der Waals surface area contributed by atoms with Crippen molar-refractivity contribution < 1.29 is 0 Å². The minimum absolute atomic E-state index is 0.429. The zero-order chi connectivity index (χ0) is 12.5. The Kier molecular flexibility index (Phi) is 4.02. The molecule has 0 aromatic heterocycles. The molecule has 1 saturated carbocycles. The van der Waals surface area contributed by atoms with Gasteiger partial charge in [0.05, 0.1) is 0 Å². The molecule has 17 heavy (non-hydrogen) atoms. The highest BCUT2D eigenvalue weighted by Crippen LogP contribution is 2.49. The predicted molar refractivity (Wildman–Crippen MR) is 75.0 cm³/mol. The molecule has 0 saturated heterocycles. The van der Waals surface area contributed by atoms with Gasteiger partial charge in [0.25, 0.3) is 0 Å². The summed E-state index contributed by atoms with van der Waals surface area (Å²) in [5.41, 5.74) is 1.51. The first-order valence-corrected chi connectivity index (χ1v) is 6.98. The van der Waals surface area contributed by atoms with Crippen LogP contribution in [0.15, 0.2) is 18.2 Å². The van der Waals surface area contributed by atoms with Crippen LogP contribution >= 0.6 is 23.2 Å². The van der Waals surface area contributed by atoms with Gasteiger partial charge in [-0.2, -0.15) is 0 Å². The minimum atomic E-state index is 0.429. The lowest BCUT2D eigenvalue weighted by molar-refractivity contribution is 0.360. The van der Waals surface area contributed by atoms with Gasteiger partial charge in [-0.25, -0.2) is 0 Å². The van der Waals surface area contributed by atoms with E-state index in [0.717, 1.165) is 28.6 Å². The molecule has 0 heterocycles. The maximum atomic E-state index is 6.23. The van der Waals surface area contributed by atoms with Crippen molar-refractivity contribution in [2.75, 3.05) is 6.54 Å². The van der Waals surface area contributed by atoms with Gasteiger partial charge in [0, 0.05) is 16.1 Å². The number of rotatable bonds is 5. The number of benzene rings is 1. The van der Waals surface area contributed by atoms with E-state index in [9.17, 15) is 0 Å². The Morgan fingerprint density at radius 3 is 2.35 bits per heavy atom. The second kappa shape index (κ2) is 5.17. The van der Waals surface area contributed by atoms with Crippen molar-refractivity contribution in [2.24, 2.45) is 5.41 Å². The zero-order valence-corrected chi connectivity index (χ0v) is 11.9. The van der Waals surface area contributed by atoms with Gasteiger partial charge in [-0.3, -0.25) is 0 Å². The average Bonchev–Trinajstić information content (AvgIpc) is 3.02. The van der Waals surface area contributed by atoms with Gasteiger partial charge in [-0.1, -0.05) is 43.1 Å². The predicted octanol–water partition coefficient (Wildman–Crippen LogP) is 4.31. The van der Waals surface area contributed by atoms with E-state index in [4.69, 9.17) is 23.2 Å². The second-order valence-corrected chi connectivity index (χ2v) is 5.98. The van der Waals surface area contributed by atoms with E-state index in [1.165, 1.54) is 12.8 Å². The van der Waals surface area contributed by atoms with Crippen LogP contribution in [0.25, 0.3) is 0 Å². The maximum absolute atomic E-state index is 6.23. The molecular formula is C14H19Cl2N. The molecular weight excluding hydrogens is 253 g/mol. The van der Waals surface area contributed by atoms with Crippen LogP contribution in [0.4, 0.5) is 0 Å². The summed E-state index contributed by atoms with van der Waals surface area (Å²) in [7, 11) is 0. The minimum Gasteiger partial charge on any atom is -0.313 e. The fraction of sp³-hybridized carbons (Fsp3) is 0.571. The summed E-state index contributed by atoms with van der Waals surface area (Å²) in [6.45, 7) is 5.47. The van der Waals surface area contributed by atoms with Gasteiger partial charge in [0.1, 0.15) is 0 Å². The van der Waals surface area contributed by atoms with E-state index in [1.807, 2.05) is 18.2 Å². The molecule has 94 valence electrons. The van der Waals surface area contributed by atoms with Crippen LogP contribution in [0.3, 0.4) is 0 Å². The van der Waals surface area contributed by atoms with E-state index >= 15 is 0 Å². The molecule has 1 fully saturated rings. The first kappa shape index (κ1) is 13.2. The van der Waals surface area contributed by atoms with Gasteiger partial charge in [0.15, 0.2) is 0 Å². The molecule has 0 amide bonds. The van der Waals surface area contributed by atoms with Gasteiger partial charge in [-0.15, -0.1) is 0 Å². The lowest BCUT2D eigenvalue weighted by atomic mass is 9.92. The van der Waals surface area contributed by atoms with E-state index in [-0.39, 0.29) is 0 Å². The maximum Gasteiger partial charge on any atom is 0.0453 e. The van der Waals surface area contributed by atoms with Crippen molar-refractivity contribution >= 4 is 23.2 Å². The molecule has 1 atom stereocenters. The molecule has 1 aromatic carbocycles. The SMILES string of the molecule is CCNC(Cc1c(Cl)cccc1Cl)C1(C)CC1. The Bertz CT molecular complexity index is 379. The largest absolute Gasteiger partial charge is 0.313 e. The molecule has 0 aliphatic heterocycles. The molecule has 1 aromatic rings. The molecule has 1 aliphatic carbocycles. The van der Waals surface area contributed by atoms with Crippen LogP contribution in [0.5, 0.6) is 0 Å². The third-order valence-corrected chi connectivity index (χ3v) is 4.51. The zero-order valence-electron chi connectivity index (χ0n) is 10.4. The highest BCUT2D eigenvalue weighted by molar-refractivity contribution is 6.36. The Morgan fingerprint density at radius 2 is 1.88 bits per heavy atom. The van der Waals surface area contributed by atoms with E-state index in [1.54, 1.807) is 0 Å². The molecule has 1 unspecified atom stereocenters. The number of likely N-dealkylation sites (N-methyl/N-ethyl adjacent to an activating group) is 1. The molecule has 1 N–H and O–H groups in total. The summed E-state index contributed by atoms with van der Waals surface area (Å²) in [6.07, 6.45) is 3.52. The molecule has 3 heteroatoms. The number of hydrogen-bond acceptors (Lipinski definition) is 1. The van der Waals surface area contributed by atoms with Crippen LogP contribution in [0, 0.1) is 5.41 Å². The van der Waals surface area contributed by atoms with E-state index < -0.39 is 0 Å². The monoisotopic (exact) mass is 271 g/mol. The summed E-state index contributed by atoms with van der Waals surface area (Å²) in [5, 5.41) is 5.13. The van der Waals surface area contributed by atoms with Crippen molar-refractivity contribution in [3.63, 3.8) is 0 Å². The molecule has 0 spiro atoms. The topological polar surface area (TPSA) is 12.0 Å². The van der Waals surface area contributed by atoms with Crippen molar-refractivity contribution in [1.82, 2.24) is 5.32 Å². The summed E-state index contributed by atoms with van der Waals surface area (Å²) < 4.78 is 0. The Labute approximate surface area is 114 Å². The highest BCUT2D eigenvalue weighted by atomic mass is 35.5. The average molecular weight is 272 g/mol. The Hall–Kier alpha value is -0.240. The van der Waals surface area contributed by atoms with Gasteiger partial charge in [0.2, 0.25) is 0 Å². The molecule has 0 radical (unpaired) electrons. The van der Waals surface area contributed by atoms with Crippen LogP contribution in [0.2, 0.25) is 10.0 Å². The third-order valence-electron chi connectivity index (χ3n) is 3.80. The normalized spacial score (nSPS) is 19.1. The quantitative estimate of drug-likeness (QED) is 0.842. The molecule has 1 aliphatic rings. The lowest BCUT2D eigenvalue weighted by Gasteiger charge is -2.25. The van der Waals surface area contributed by atoms with E-state index in [2.05, 4.69) is 19.2 Å². The highest BCUT2D eigenvalue weighted by Gasteiger charge is 2.44. The van der Waals surface area contributed by atoms with Crippen molar-refractivity contribution in [2.45, 2.75) is 39.2 Å². The number of hydrogen-bond donors (Lipinski definition) is 1. The van der Waals surface area contributed by atoms with Crippen LogP contribution in [0.1, 0.15) is 32.3 Å². The summed E-state index contributed by atoms with van der Waals surface area (Å²) in [4.78, 5) is 0. The molecule has 2 rings (SSSR count). The lowest BCUT2D eigenvalue weighted by Crippen LogP contribution is -2.38. The Balaban J connectivity index is 2.17. The standard InChI is InChI=1S/C14H19Cl2N/c1-3-17-13(14(2)7-8-14)9-10-11(15)5-4-6-12(10)16/h4-6,13,17H,3,7-9H2,1-2H3. The summed E-state index contributed by atoms with van der Waals surface area (Å²) >= 11 is 12.5. The Morgan fingerprint density at radius 1 is 1.29 bits per heavy atom. The third kappa shape index (κ3) is 2.96. The summed E-state index contributed by atoms with van der Waals surface area (Å²) in [6, 6.07) is 6.21. The van der Waals surface area contributed by atoms with Crippen LogP contribution in [-0.4, -0.2) is 12.6 Å². The molecule has 1 nitrogen and oxygen atoms in total. The second-order valence-electron chi connectivity index (χ2n) is 5.17. The fourth-order valence-corrected chi connectivity index (χ4v) is 2.84. The summed E-state index contributed by atoms with van der Waals surface area (Å²) in [5.74, 6) is 0. The van der Waals surface area contributed by atoms with Crippen molar-refractivity contribution in [3.05, 3.63) is 33.8 Å². The van der Waals surface area contributed by atoms with Gasteiger partial charge < -0.3 is 5.32 Å². The number of halogens is 2. The van der Waals surface area contributed by atoms with Crippen molar-refractivity contribution in [1.29, 1.82) is 0 Å². The van der Waals surface area contributed by atoms with Gasteiger partial charge in [-0.05, 0) is 48.9 Å². The number of nitrogens with one attached hydrogen (secondary N) is 1. The smallest absolute Gasteiger partial charge is 0.0453 e. The van der Waals surface area contributed by atoms with Crippen LogP contribution < -0.4 is 5.32 Å². The first-order valence-electron chi connectivity index (χ1n) is 6.23. The molecule has 0 bridgehead atoms. The van der Waals surface area contributed by atoms with E-state index in [0.29, 0.717) is 11.5 Å². The fourth-order valence-electron chi connectivity index (χ4n) is 2.29.